The van der Waals surface area contributed by atoms with Gasteiger partial charge in [0.05, 0.1) is 25.0 Å². The summed E-state index contributed by atoms with van der Waals surface area (Å²) in [5, 5.41) is 14.2. The minimum absolute atomic E-state index is 0.148. The van der Waals surface area contributed by atoms with Crippen LogP contribution >= 0.6 is 0 Å². The molecule has 0 aliphatic carbocycles. The Bertz CT molecular complexity index is 1370. The van der Waals surface area contributed by atoms with Crippen LogP contribution in [0.25, 0.3) is 11.7 Å². The fourth-order valence-electron chi connectivity index (χ4n) is 3.62. The van der Waals surface area contributed by atoms with E-state index in [9.17, 15) is 5.11 Å². The fraction of sp³-hybridized carbons (Fsp3) is 0.185. The van der Waals surface area contributed by atoms with E-state index in [2.05, 4.69) is 10.1 Å². The molecule has 2 aromatic carbocycles. The molecule has 3 heterocycles. The van der Waals surface area contributed by atoms with E-state index in [-0.39, 0.29) is 19.8 Å². The molecule has 0 amide bonds. The van der Waals surface area contributed by atoms with Crippen LogP contribution in [0.15, 0.2) is 88.0 Å². The topological polar surface area (TPSA) is 95.7 Å². The third-order valence-electron chi connectivity index (χ3n) is 5.43. The normalized spacial score (nSPS) is 11.0. The Morgan fingerprint density at radius 2 is 1.80 bits per heavy atom. The largest absolute Gasteiger partial charge is 0.487 e. The molecule has 178 valence electrons. The van der Waals surface area contributed by atoms with Gasteiger partial charge in [0.25, 0.3) is 5.89 Å². The van der Waals surface area contributed by atoms with Gasteiger partial charge in [0.2, 0.25) is 5.88 Å². The molecule has 0 spiro atoms. The van der Waals surface area contributed by atoms with Crippen LogP contribution in [-0.2, 0) is 26.4 Å². The SMILES string of the molecule is Cc1oc(-c2ccco2)nc1COc1cccc(COc2nn(Cc3ccccc3)cc2CO)c1. The number of rotatable bonds is 10. The molecule has 0 saturated heterocycles. The number of aryl methyl sites for hydroxylation is 1. The van der Waals surface area contributed by atoms with Gasteiger partial charge >= 0.3 is 0 Å². The molecular weight excluding hydrogens is 446 g/mol. The fourth-order valence-corrected chi connectivity index (χ4v) is 3.62. The summed E-state index contributed by atoms with van der Waals surface area (Å²) in [6, 6.07) is 21.2. The average Bonchev–Trinajstić information content (AvgIpc) is 3.62. The Balaban J connectivity index is 1.21. The molecule has 1 N–H and O–H groups in total. The van der Waals surface area contributed by atoms with Crippen molar-refractivity contribution in [3.05, 3.63) is 107 Å². The van der Waals surface area contributed by atoms with Gasteiger partial charge in [0, 0.05) is 6.20 Å². The highest BCUT2D eigenvalue weighted by atomic mass is 16.5. The number of furan rings is 1. The molecular formula is C27H25N3O5. The van der Waals surface area contributed by atoms with Crippen molar-refractivity contribution in [1.82, 2.24) is 14.8 Å². The van der Waals surface area contributed by atoms with E-state index in [4.69, 9.17) is 18.3 Å². The molecule has 0 fully saturated rings. The van der Waals surface area contributed by atoms with Crippen molar-refractivity contribution in [2.45, 2.75) is 33.3 Å². The summed E-state index contributed by atoms with van der Waals surface area (Å²) >= 11 is 0. The van der Waals surface area contributed by atoms with Crippen LogP contribution in [0.4, 0.5) is 0 Å². The molecule has 35 heavy (non-hydrogen) atoms. The van der Waals surface area contributed by atoms with Crippen LogP contribution in [0.5, 0.6) is 11.6 Å². The number of hydrogen-bond donors (Lipinski definition) is 1. The third kappa shape index (κ3) is 5.44. The van der Waals surface area contributed by atoms with E-state index in [1.165, 1.54) is 0 Å². The molecule has 0 atom stereocenters. The monoisotopic (exact) mass is 471 g/mol. The number of benzene rings is 2. The lowest BCUT2D eigenvalue weighted by molar-refractivity contribution is 0.253. The average molecular weight is 472 g/mol. The first-order valence-electron chi connectivity index (χ1n) is 11.2. The molecule has 0 unspecified atom stereocenters. The van der Waals surface area contributed by atoms with Crippen molar-refractivity contribution in [2.24, 2.45) is 0 Å². The molecule has 3 aromatic heterocycles. The summed E-state index contributed by atoms with van der Waals surface area (Å²) in [6.07, 6.45) is 3.38. The quantitative estimate of drug-likeness (QED) is 0.301. The zero-order chi connectivity index (χ0) is 24.0. The second kappa shape index (κ2) is 10.3. The number of aliphatic hydroxyl groups is 1. The Morgan fingerprint density at radius 1 is 0.943 bits per heavy atom. The summed E-state index contributed by atoms with van der Waals surface area (Å²) in [6.45, 7) is 2.85. The first-order chi connectivity index (χ1) is 17.2. The zero-order valence-corrected chi connectivity index (χ0v) is 19.3. The number of ether oxygens (including phenoxy) is 2. The van der Waals surface area contributed by atoms with Crippen LogP contribution in [0.2, 0.25) is 0 Å². The zero-order valence-electron chi connectivity index (χ0n) is 19.3. The Kier molecular flexibility index (Phi) is 6.63. The Hall–Kier alpha value is -4.30. The van der Waals surface area contributed by atoms with Gasteiger partial charge in [-0.3, -0.25) is 4.68 Å². The number of aliphatic hydroxyl groups excluding tert-OH is 1. The van der Waals surface area contributed by atoms with Gasteiger partial charge in [-0.15, -0.1) is 5.10 Å². The Morgan fingerprint density at radius 3 is 2.60 bits per heavy atom. The summed E-state index contributed by atoms with van der Waals surface area (Å²) in [5.74, 6) is 2.79. The molecule has 0 aliphatic heterocycles. The summed E-state index contributed by atoms with van der Waals surface area (Å²) in [5.41, 5.74) is 3.38. The minimum Gasteiger partial charge on any atom is -0.487 e. The number of hydrogen-bond acceptors (Lipinski definition) is 7. The lowest BCUT2D eigenvalue weighted by Crippen LogP contribution is -2.02. The third-order valence-corrected chi connectivity index (χ3v) is 5.43. The number of aromatic nitrogens is 3. The maximum Gasteiger partial charge on any atom is 0.263 e. The summed E-state index contributed by atoms with van der Waals surface area (Å²) < 4.78 is 24.7. The summed E-state index contributed by atoms with van der Waals surface area (Å²) in [7, 11) is 0. The molecule has 0 radical (unpaired) electrons. The lowest BCUT2D eigenvalue weighted by Gasteiger charge is -2.08. The predicted molar refractivity (Wildman–Crippen MR) is 128 cm³/mol. The molecule has 8 nitrogen and oxygen atoms in total. The highest BCUT2D eigenvalue weighted by Gasteiger charge is 2.14. The van der Waals surface area contributed by atoms with Crippen molar-refractivity contribution >= 4 is 0 Å². The van der Waals surface area contributed by atoms with Crippen molar-refractivity contribution in [1.29, 1.82) is 0 Å². The van der Waals surface area contributed by atoms with Gasteiger partial charge in [-0.05, 0) is 42.3 Å². The van der Waals surface area contributed by atoms with Crippen molar-refractivity contribution < 1.29 is 23.4 Å². The van der Waals surface area contributed by atoms with E-state index in [1.54, 1.807) is 29.3 Å². The summed E-state index contributed by atoms with van der Waals surface area (Å²) in [4.78, 5) is 4.47. The second-order valence-electron chi connectivity index (χ2n) is 8.02. The van der Waals surface area contributed by atoms with Gasteiger partial charge in [-0.25, -0.2) is 4.98 Å². The van der Waals surface area contributed by atoms with E-state index < -0.39 is 0 Å². The molecule has 5 rings (SSSR count). The molecule has 8 heteroatoms. The van der Waals surface area contributed by atoms with E-state index in [0.717, 1.165) is 11.1 Å². The highest BCUT2D eigenvalue weighted by molar-refractivity contribution is 5.44. The van der Waals surface area contributed by atoms with Gasteiger partial charge in [-0.2, -0.15) is 0 Å². The van der Waals surface area contributed by atoms with E-state index >= 15 is 0 Å². The van der Waals surface area contributed by atoms with Gasteiger partial charge in [0.15, 0.2) is 5.76 Å². The van der Waals surface area contributed by atoms with Crippen LogP contribution in [0, 0.1) is 6.92 Å². The Labute approximate surface area is 202 Å². The number of oxazole rings is 1. The van der Waals surface area contributed by atoms with Crippen LogP contribution in [0.3, 0.4) is 0 Å². The minimum atomic E-state index is -0.148. The molecule has 0 saturated carbocycles. The van der Waals surface area contributed by atoms with Gasteiger partial charge in [0.1, 0.15) is 30.4 Å². The lowest BCUT2D eigenvalue weighted by atomic mass is 10.2. The predicted octanol–water partition coefficient (Wildman–Crippen LogP) is 5.14. The molecule has 5 aromatic rings. The number of nitrogens with zero attached hydrogens (tertiary/aromatic N) is 3. The van der Waals surface area contributed by atoms with Gasteiger partial charge < -0.3 is 23.4 Å². The molecule has 0 aliphatic rings. The second-order valence-corrected chi connectivity index (χ2v) is 8.02. The van der Waals surface area contributed by atoms with Crippen molar-refractivity contribution in [3.63, 3.8) is 0 Å². The van der Waals surface area contributed by atoms with E-state index in [0.29, 0.717) is 46.8 Å². The van der Waals surface area contributed by atoms with Crippen molar-refractivity contribution in [3.8, 4) is 23.3 Å². The standard InChI is InChI=1S/C27H25N3O5/c1-19-24(28-27(35-19)25-11-6-12-32-25)18-33-23-10-5-9-21(13-23)17-34-26-22(16-31)15-30(29-26)14-20-7-3-2-4-8-20/h2-13,15,31H,14,16-18H2,1H3. The van der Waals surface area contributed by atoms with Crippen molar-refractivity contribution in [2.75, 3.05) is 0 Å². The van der Waals surface area contributed by atoms with Crippen LogP contribution in [-0.4, -0.2) is 19.9 Å². The van der Waals surface area contributed by atoms with Crippen LogP contribution in [0.1, 0.15) is 28.1 Å². The first-order valence-corrected chi connectivity index (χ1v) is 11.2. The maximum atomic E-state index is 9.73. The smallest absolute Gasteiger partial charge is 0.263 e. The van der Waals surface area contributed by atoms with Gasteiger partial charge in [-0.1, -0.05) is 42.5 Å². The van der Waals surface area contributed by atoms with E-state index in [1.807, 2.05) is 61.5 Å². The first kappa shape index (κ1) is 22.5. The maximum absolute atomic E-state index is 9.73. The highest BCUT2D eigenvalue weighted by Crippen LogP contribution is 2.24. The van der Waals surface area contributed by atoms with Crippen LogP contribution < -0.4 is 9.47 Å². The molecule has 0 bridgehead atoms.